The van der Waals surface area contributed by atoms with Crippen molar-refractivity contribution in [1.29, 1.82) is 0 Å². The van der Waals surface area contributed by atoms with Gasteiger partial charge < -0.3 is 10.5 Å². The van der Waals surface area contributed by atoms with Crippen LogP contribution in [-0.2, 0) is 4.74 Å². The van der Waals surface area contributed by atoms with Crippen LogP contribution in [-0.4, -0.2) is 43.8 Å². The molecule has 1 fully saturated rings. The number of likely N-dealkylation sites (N-methyl/N-ethyl adjacent to an activating group) is 1. The zero-order valence-corrected chi connectivity index (χ0v) is 9.70. The van der Waals surface area contributed by atoms with Crippen molar-refractivity contribution < 1.29 is 4.74 Å². The van der Waals surface area contributed by atoms with Crippen molar-refractivity contribution >= 4 is 0 Å². The highest BCUT2D eigenvalue weighted by molar-refractivity contribution is 4.73. The van der Waals surface area contributed by atoms with E-state index in [1.54, 1.807) is 0 Å². The van der Waals surface area contributed by atoms with E-state index in [1.165, 1.54) is 12.8 Å². The van der Waals surface area contributed by atoms with Gasteiger partial charge in [0.05, 0.1) is 6.61 Å². The van der Waals surface area contributed by atoms with Gasteiger partial charge in [-0.3, -0.25) is 4.90 Å². The van der Waals surface area contributed by atoms with E-state index < -0.39 is 0 Å². The summed E-state index contributed by atoms with van der Waals surface area (Å²) in [7, 11) is 2.11. The maximum atomic E-state index is 5.82. The third-order valence-electron chi connectivity index (χ3n) is 3.09. The molecule has 0 radical (unpaired) electrons. The molecule has 0 aromatic carbocycles. The van der Waals surface area contributed by atoms with Crippen molar-refractivity contribution in [2.45, 2.75) is 38.8 Å². The van der Waals surface area contributed by atoms with Gasteiger partial charge in [0.2, 0.25) is 0 Å². The molecule has 0 heterocycles. The Morgan fingerprint density at radius 1 is 1.43 bits per heavy atom. The predicted octanol–water partition coefficient (Wildman–Crippen LogP) is 1.08. The van der Waals surface area contributed by atoms with Gasteiger partial charge in [-0.15, -0.1) is 0 Å². The Balaban J connectivity index is 1.98. The Bertz CT molecular complexity index is 157. The molecule has 1 aliphatic carbocycles. The number of hydrogen-bond donors (Lipinski definition) is 1. The zero-order valence-electron chi connectivity index (χ0n) is 9.70. The molecule has 0 amide bonds. The minimum absolute atomic E-state index is 0.225. The van der Waals surface area contributed by atoms with Gasteiger partial charge in [0.1, 0.15) is 0 Å². The van der Waals surface area contributed by atoms with Gasteiger partial charge in [-0.2, -0.15) is 0 Å². The fourth-order valence-electron chi connectivity index (χ4n) is 1.35. The topological polar surface area (TPSA) is 38.5 Å². The third-order valence-corrected chi connectivity index (χ3v) is 3.09. The number of rotatable bonds is 7. The van der Waals surface area contributed by atoms with E-state index in [0.717, 1.165) is 25.7 Å². The van der Waals surface area contributed by atoms with Crippen LogP contribution < -0.4 is 5.73 Å². The molecule has 84 valence electrons. The molecule has 0 saturated heterocycles. The van der Waals surface area contributed by atoms with Crippen LogP contribution in [0.15, 0.2) is 0 Å². The normalized spacial score (nSPS) is 21.2. The lowest BCUT2D eigenvalue weighted by Crippen LogP contribution is -2.43. The summed E-state index contributed by atoms with van der Waals surface area (Å²) >= 11 is 0. The highest BCUT2D eigenvalue weighted by Crippen LogP contribution is 2.28. The van der Waals surface area contributed by atoms with Gasteiger partial charge in [-0.05, 0) is 39.7 Å². The SMILES string of the molecule is CC(N)C(C)N(C)CCOCC1CC1. The van der Waals surface area contributed by atoms with E-state index in [9.17, 15) is 0 Å². The molecule has 3 heteroatoms. The average Bonchev–Trinajstić information content (AvgIpc) is 2.94. The Hall–Kier alpha value is -0.120. The fourth-order valence-corrected chi connectivity index (χ4v) is 1.35. The number of nitrogens with two attached hydrogens (primary N) is 1. The number of hydrogen-bond acceptors (Lipinski definition) is 3. The van der Waals surface area contributed by atoms with E-state index in [1.807, 2.05) is 6.92 Å². The van der Waals surface area contributed by atoms with Crippen LogP contribution in [0.3, 0.4) is 0 Å². The Morgan fingerprint density at radius 3 is 2.57 bits per heavy atom. The van der Waals surface area contributed by atoms with Crippen LogP contribution in [0.5, 0.6) is 0 Å². The maximum absolute atomic E-state index is 5.82. The highest BCUT2D eigenvalue weighted by Gasteiger charge is 2.21. The van der Waals surface area contributed by atoms with E-state index in [0.29, 0.717) is 6.04 Å². The van der Waals surface area contributed by atoms with Gasteiger partial charge in [-0.1, -0.05) is 0 Å². The first kappa shape index (κ1) is 12.0. The first-order valence-corrected chi connectivity index (χ1v) is 5.65. The smallest absolute Gasteiger partial charge is 0.0593 e. The molecular weight excluding hydrogens is 176 g/mol. The van der Waals surface area contributed by atoms with Crippen molar-refractivity contribution in [1.82, 2.24) is 4.90 Å². The van der Waals surface area contributed by atoms with Gasteiger partial charge >= 0.3 is 0 Å². The molecule has 0 aliphatic heterocycles. The summed E-state index contributed by atoms with van der Waals surface area (Å²) in [5, 5.41) is 0. The molecule has 0 aromatic rings. The molecule has 0 spiro atoms. The number of nitrogens with zero attached hydrogens (tertiary/aromatic N) is 1. The van der Waals surface area contributed by atoms with Gasteiger partial charge in [0, 0.05) is 25.2 Å². The summed E-state index contributed by atoms with van der Waals surface area (Å²) in [6, 6.07) is 0.656. The summed E-state index contributed by atoms with van der Waals surface area (Å²) in [6.45, 7) is 6.98. The van der Waals surface area contributed by atoms with Gasteiger partial charge in [0.15, 0.2) is 0 Å². The van der Waals surface area contributed by atoms with Crippen LogP contribution in [0.2, 0.25) is 0 Å². The minimum atomic E-state index is 0.225. The lowest BCUT2D eigenvalue weighted by Gasteiger charge is -2.27. The fraction of sp³-hybridized carbons (Fsp3) is 1.00. The summed E-state index contributed by atoms with van der Waals surface area (Å²) in [4.78, 5) is 2.26. The summed E-state index contributed by atoms with van der Waals surface area (Å²) < 4.78 is 5.58. The standard InChI is InChI=1S/C11H24N2O/c1-9(12)10(2)13(3)6-7-14-8-11-4-5-11/h9-11H,4-8,12H2,1-3H3. The molecule has 3 nitrogen and oxygen atoms in total. The van der Waals surface area contributed by atoms with Crippen LogP contribution in [0.25, 0.3) is 0 Å². The first-order chi connectivity index (χ1) is 6.61. The molecule has 14 heavy (non-hydrogen) atoms. The quantitative estimate of drug-likeness (QED) is 0.625. The lowest BCUT2D eigenvalue weighted by molar-refractivity contribution is 0.0906. The minimum Gasteiger partial charge on any atom is -0.380 e. The molecule has 0 aromatic heterocycles. The summed E-state index contributed by atoms with van der Waals surface area (Å²) in [6.07, 6.45) is 2.73. The number of ether oxygens (including phenoxy) is 1. The predicted molar refractivity (Wildman–Crippen MR) is 59.3 cm³/mol. The van der Waals surface area contributed by atoms with E-state index in [2.05, 4.69) is 18.9 Å². The second kappa shape index (κ2) is 5.69. The molecule has 0 bridgehead atoms. The highest BCUT2D eigenvalue weighted by atomic mass is 16.5. The molecule has 1 rings (SSSR count). The first-order valence-electron chi connectivity index (χ1n) is 5.65. The van der Waals surface area contributed by atoms with E-state index in [-0.39, 0.29) is 6.04 Å². The van der Waals surface area contributed by atoms with Crippen molar-refractivity contribution in [3.8, 4) is 0 Å². The van der Waals surface area contributed by atoms with Crippen LogP contribution in [0, 0.1) is 5.92 Å². The molecule has 2 atom stereocenters. The Labute approximate surface area is 87.6 Å². The van der Waals surface area contributed by atoms with Crippen LogP contribution in [0.4, 0.5) is 0 Å². The third kappa shape index (κ3) is 4.40. The second-order valence-electron chi connectivity index (χ2n) is 4.60. The van der Waals surface area contributed by atoms with E-state index in [4.69, 9.17) is 10.5 Å². The largest absolute Gasteiger partial charge is 0.380 e. The average molecular weight is 200 g/mol. The van der Waals surface area contributed by atoms with E-state index >= 15 is 0 Å². The molecule has 1 saturated carbocycles. The zero-order chi connectivity index (χ0) is 10.6. The van der Waals surface area contributed by atoms with Crippen LogP contribution in [0.1, 0.15) is 26.7 Å². The lowest BCUT2D eigenvalue weighted by atomic mass is 10.1. The van der Waals surface area contributed by atoms with Crippen LogP contribution >= 0.6 is 0 Å². The maximum Gasteiger partial charge on any atom is 0.0593 e. The Kier molecular flexibility index (Phi) is 4.85. The van der Waals surface area contributed by atoms with Crippen molar-refractivity contribution in [3.63, 3.8) is 0 Å². The summed E-state index contributed by atoms with van der Waals surface area (Å²) in [5.74, 6) is 0.867. The molecule has 2 N–H and O–H groups in total. The van der Waals surface area contributed by atoms with Crippen molar-refractivity contribution in [2.75, 3.05) is 26.8 Å². The molecule has 2 unspecified atom stereocenters. The molecular formula is C11H24N2O. The Morgan fingerprint density at radius 2 is 2.07 bits per heavy atom. The van der Waals surface area contributed by atoms with Gasteiger partial charge in [0.25, 0.3) is 0 Å². The molecule has 1 aliphatic rings. The van der Waals surface area contributed by atoms with Crippen molar-refractivity contribution in [3.05, 3.63) is 0 Å². The second-order valence-corrected chi connectivity index (χ2v) is 4.60. The van der Waals surface area contributed by atoms with Gasteiger partial charge in [-0.25, -0.2) is 0 Å². The monoisotopic (exact) mass is 200 g/mol. The van der Waals surface area contributed by atoms with Crippen molar-refractivity contribution in [2.24, 2.45) is 11.7 Å². The summed E-state index contributed by atoms with van der Waals surface area (Å²) in [5.41, 5.74) is 5.82.